The molecule has 5 nitrogen and oxygen atoms in total. The number of hydrogen-bond acceptors (Lipinski definition) is 6. The molecule has 0 aliphatic carbocycles. The minimum atomic E-state index is 0.156. The summed E-state index contributed by atoms with van der Waals surface area (Å²) in [5.74, 6) is 0.644. The fourth-order valence-corrected chi connectivity index (χ4v) is 4.17. The molecule has 1 aliphatic heterocycles. The molecule has 0 amide bonds. The number of piperazine rings is 1. The van der Waals surface area contributed by atoms with Gasteiger partial charge in [0.1, 0.15) is 0 Å². The van der Waals surface area contributed by atoms with Gasteiger partial charge in [-0.1, -0.05) is 18.2 Å². The Bertz CT molecular complexity index is 733. The van der Waals surface area contributed by atoms with Crippen LogP contribution in [0.3, 0.4) is 0 Å². The number of ether oxygens (including phenoxy) is 1. The minimum absolute atomic E-state index is 0.156. The van der Waals surface area contributed by atoms with E-state index in [1.54, 1.807) is 24.5 Å². The summed E-state index contributed by atoms with van der Waals surface area (Å²) in [5.41, 5.74) is 2.37. The van der Waals surface area contributed by atoms with Crippen molar-refractivity contribution in [3.05, 3.63) is 52.2 Å². The van der Waals surface area contributed by atoms with Crippen LogP contribution in [-0.2, 0) is 6.54 Å². The van der Waals surface area contributed by atoms with E-state index in [0.717, 1.165) is 44.7 Å². The van der Waals surface area contributed by atoms with Crippen LogP contribution >= 0.6 is 11.3 Å². The number of phenolic OH excluding ortho intramolecular Hbond substituents is 1. The molecule has 1 aliphatic rings. The molecule has 1 atom stereocenters. The van der Waals surface area contributed by atoms with Crippen molar-refractivity contribution >= 4 is 17.4 Å². The Kier molecular flexibility index (Phi) is 7.29. The lowest BCUT2D eigenvalue weighted by Crippen LogP contribution is -2.52. The number of thiophene rings is 1. The van der Waals surface area contributed by atoms with E-state index in [1.807, 2.05) is 12.1 Å². The molecule has 1 saturated heterocycles. The minimum Gasteiger partial charge on any atom is -0.504 e. The number of aliphatic hydroxyl groups is 1. The molecule has 27 heavy (non-hydrogen) atoms. The van der Waals surface area contributed by atoms with Gasteiger partial charge < -0.3 is 14.9 Å². The van der Waals surface area contributed by atoms with Crippen molar-refractivity contribution in [3.8, 4) is 11.5 Å². The number of benzene rings is 1. The Morgan fingerprint density at radius 2 is 2.19 bits per heavy atom. The summed E-state index contributed by atoms with van der Waals surface area (Å²) in [6.45, 7) is 5.06. The maximum absolute atomic E-state index is 9.68. The standard InChI is InChI=1S/C21H28N2O3S/c1-26-21-13-17(4-5-20(21)25)3-2-8-22-9-10-23(19(15-22)6-11-24)14-18-7-12-27-16-18/h2-5,7,12-13,16,19,24-25H,6,8-11,14-15H2,1H3/b3-2+/t19-/m1/s1. The molecule has 1 fully saturated rings. The van der Waals surface area contributed by atoms with Gasteiger partial charge >= 0.3 is 0 Å². The van der Waals surface area contributed by atoms with Crippen molar-refractivity contribution in [2.45, 2.75) is 19.0 Å². The Balaban J connectivity index is 1.55. The van der Waals surface area contributed by atoms with E-state index in [0.29, 0.717) is 11.8 Å². The van der Waals surface area contributed by atoms with Crippen molar-refractivity contribution < 1.29 is 14.9 Å². The number of nitrogens with zero attached hydrogens (tertiary/aromatic N) is 2. The van der Waals surface area contributed by atoms with Crippen LogP contribution in [0.4, 0.5) is 0 Å². The molecule has 6 heteroatoms. The molecule has 0 spiro atoms. The van der Waals surface area contributed by atoms with Crippen LogP contribution in [0.1, 0.15) is 17.5 Å². The smallest absolute Gasteiger partial charge is 0.161 e. The molecule has 0 saturated carbocycles. The number of hydrogen-bond donors (Lipinski definition) is 2. The van der Waals surface area contributed by atoms with E-state index in [4.69, 9.17) is 4.74 Å². The zero-order valence-electron chi connectivity index (χ0n) is 15.8. The number of rotatable bonds is 8. The second-order valence-corrected chi connectivity index (χ2v) is 7.64. The van der Waals surface area contributed by atoms with Crippen LogP contribution in [0, 0.1) is 0 Å². The van der Waals surface area contributed by atoms with Crippen molar-refractivity contribution in [2.75, 3.05) is 39.9 Å². The zero-order valence-corrected chi connectivity index (χ0v) is 16.6. The van der Waals surface area contributed by atoms with E-state index in [-0.39, 0.29) is 12.4 Å². The maximum atomic E-state index is 9.68. The highest BCUT2D eigenvalue weighted by Crippen LogP contribution is 2.26. The Morgan fingerprint density at radius 3 is 2.93 bits per heavy atom. The predicted molar refractivity (Wildman–Crippen MR) is 110 cm³/mol. The van der Waals surface area contributed by atoms with E-state index in [2.05, 4.69) is 38.8 Å². The van der Waals surface area contributed by atoms with E-state index >= 15 is 0 Å². The molecule has 1 aromatic heterocycles. The van der Waals surface area contributed by atoms with Crippen LogP contribution in [-0.4, -0.2) is 66.0 Å². The summed E-state index contributed by atoms with van der Waals surface area (Å²) in [4.78, 5) is 4.92. The van der Waals surface area contributed by atoms with Crippen LogP contribution in [0.25, 0.3) is 6.08 Å². The molecule has 146 valence electrons. The molecular formula is C21H28N2O3S. The first kappa shape index (κ1) is 19.9. The quantitative estimate of drug-likeness (QED) is 0.728. The Labute approximate surface area is 165 Å². The predicted octanol–water partition coefficient (Wildman–Crippen LogP) is 3.04. The number of aliphatic hydroxyl groups excluding tert-OH is 1. The third-order valence-electron chi connectivity index (χ3n) is 4.99. The second-order valence-electron chi connectivity index (χ2n) is 6.86. The molecular weight excluding hydrogens is 360 g/mol. The number of phenols is 1. The molecule has 2 N–H and O–H groups in total. The molecule has 0 bridgehead atoms. The van der Waals surface area contributed by atoms with Crippen molar-refractivity contribution in [1.29, 1.82) is 0 Å². The van der Waals surface area contributed by atoms with E-state index in [1.165, 1.54) is 5.56 Å². The van der Waals surface area contributed by atoms with Crippen molar-refractivity contribution in [3.63, 3.8) is 0 Å². The zero-order chi connectivity index (χ0) is 19.1. The van der Waals surface area contributed by atoms with Gasteiger partial charge in [-0.2, -0.15) is 11.3 Å². The molecule has 0 radical (unpaired) electrons. The normalized spacial score (nSPS) is 19.0. The Hall–Kier alpha value is -1.86. The van der Waals surface area contributed by atoms with Gasteiger partial charge in [-0.05, 0) is 46.5 Å². The first-order chi connectivity index (χ1) is 13.2. The summed E-state index contributed by atoms with van der Waals surface area (Å²) < 4.78 is 5.15. The highest BCUT2D eigenvalue weighted by Gasteiger charge is 2.26. The number of methoxy groups -OCH3 is 1. The van der Waals surface area contributed by atoms with E-state index < -0.39 is 0 Å². The van der Waals surface area contributed by atoms with Crippen LogP contribution in [0.5, 0.6) is 11.5 Å². The van der Waals surface area contributed by atoms with Crippen molar-refractivity contribution in [2.24, 2.45) is 0 Å². The lowest BCUT2D eigenvalue weighted by Gasteiger charge is -2.41. The van der Waals surface area contributed by atoms with Gasteiger partial charge in [0.15, 0.2) is 11.5 Å². The summed E-state index contributed by atoms with van der Waals surface area (Å²) >= 11 is 1.74. The first-order valence-electron chi connectivity index (χ1n) is 9.31. The van der Waals surface area contributed by atoms with Gasteiger partial charge in [0.25, 0.3) is 0 Å². The van der Waals surface area contributed by atoms with Crippen LogP contribution in [0.2, 0.25) is 0 Å². The van der Waals surface area contributed by atoms with Gasteiger partial charge in [-0.15, -0.1) is 0 Å². The molecule has 0 unspecified atom stereocenters. The Morgan fingerprint density at radius 1 is 1.30 bits per heavy atom. The van der Waals surface area contributed by atoms with Crippen LogP contribution in [0.15, 0.2) is 41.1 Å². The lowest BCUT2D eigenvalue weighted by molar-refractivity contribution is 0.0598. The lowest BCUT2D eigenvalue weighted by atomic mass is 10.1. The topological polar surface area (TPSA) is 56.2 Å². The highest BCUT2D eigenvalue weighted by atomic mass is 32.1. The molecule has 2 heterocycles. The SMILES string of the molecule is COc1cc(/C=C/CN2CCN(Cc3ccsc3)[C@H](CCO)C2)ccc1O. The van der Waals surface area contributed by atoms with Crippen molar-refractivity contribution in [1.82, 2.24) is 9.80 Å². The average molecular weight is 389 g/mol. The largest absolute Gasteiger partial charge is 0.504 e. The third kappa shape index (κ3) is 5.56. The van der Waals surface area contributed by atoms with Gasteiger partial charge in [0.2, 0.25) is 0 Å². The maximum Gasteiger partial charge on any atom is 0.161 e. The fraction of sp³-hybridized carbons (Fsp3) is 0.429. The second kappa shape index (κ2) is 9.90. The fourth-order valence-electron chi connectivity index (χ4n) is 3.51. The first-order valence-corrected chi connectivity index (χ1v) is 10.3. The average Bonchev–Trinajstić information content (AvgIpc) is 3.18. The van der Waals surface area contributed by atoms with Gasteiger partial charge in [0, 0.05) is 45.4 Å². The molecule has 2 aromatic rings. The van der Waals surface area contributed by atoms with Gasteiger partial charge in [0.05, 0.1) is 7.11 Å². The van der Waals surface area contributed by atoms with E-state index in [9.17, 15) is 10.2 Å². The molecule has 1 aromatic carbocycles. The summed E-state index contributed by atoms with van der Waals surface area (Å²) in [7, 11) is 1.55. The van der Waals surface area contributed by atoms with Gasteiger partial charge in [-0.3, -0.25) is 9.80 Å². The highest BCUT2D eigenvalue weighted by molar-refractivity contribution is 7.07. The summed E-state index contributed by atoms with van der Waals surface area (Å²) in [6.07, 6.45) is 5.01. The monoisotopic (exact) mass is 388 g/mol. The third-order valence-corrected chi connectivity index (χ3v) is 5.73. The molecule has 3 rings (SSSR count). The number of aromatic hydroxyl groups is 1. The van der Waals surface area contributed by atoms with Gasteiger partial charge in [-0.25, -0.2) is 0 Å². The summed E-state index contributed by atoms with van der Waals surface area (Å²) in [6, 6.07) is 7.92. The van der Waals surface area contributed by atoms with Crippen LogP contribution < -0.4 is 4.74 Å². The summed E-state index contributed by atoms with van der Waals surface area (Å²) in [5, 5.41) is 23.5.